The summed E-state index contributed by atoms with van der Waals surface area (Å²) in [6, 6.07) is 0. The normalized spacial score (nSPS) is 22.3. The lowest BCUT2D eigenvalue weighted by Gasteiger charge is -2.39. The lowest BCUT2D eigenvalue weighted by molar-refractivity contribution is -0.152. The minimum absolute atomic E-state index is 0.440. The van der Waals surface area contributed by atoms with Crippen molar-refractivity contribution in [1.82, 2.24) is 4.90 Å². The van der Waals surface area contributed by atoms with Crippen molar-refractivity contribution in [3.8, 4) is 0 Å². The van der Waals surface area contributed by atoms with Crippen molar-refractivity contribution >= 4 is 5.97 Å². The largest absolute Gasteiger partial charge is 0.481 e. The number of rotatable bonds is 6. The Morgan fingerprint density at radius 2 is 1.94 bits per heavy atom. The van der Waals surface area contributed by atoms with Crippen LogP contribution in [0.3, 0.4) is 0 Å². The van der Waals surface area contributed by atoms with Crippen LogP contribution >= 0.6 is 0 Å². The van der Waals surface area contributed by atoms with Crippen LogP contribution in [0, 0.1) is 11.3 Å². The molecule has 1 atom stereocenters. The molecule has 0 bridgehead atoms. The highest BCUT2D eigenvalue weighted by molar-refractivity contribution is 5.74. The Bertz CT molecular complexity index is 245. The van der Waals surface area contributed by atoms with E-state index < -0.39 is 11.4 Å². The molecule has 1 aliphatic heterocycles. The number of carboxylic acid groups (broad SMARTS) is 1. The summed E-state index contributed by atoms with van der Waals surface area (Å²) in [4.78, 5) is 13.8. The van der Waals surface area contributed by atoms with E-state index in [0.29, 0.717) is 0 Å². The summed E-state index contributed by atoms with van der Waals surface area (Å²) >= 11 is 0. The second-order valence-electron chi connectivity index (χ2n) is 5.63. The van der Waals surface area contributed by atoms with Gasteiger partial charge in [-0.2, -0.15) is 0 Å². The molecule has 1 aliphatic rings. The van der Waals surface area contributed by atoms with Crippen LogP contribution in [0.1, 0.15) is 52.9 Å². The molecule has 1 N–H and O–H groups in total. The van der Waals surface area contributed by atoms with Gasteiger partial charge in [0.05, 0.1) is 5.41 Å². The zero-order valence-corrected chi connectivity index (χ0v) is 11.5. The van der Waals surface area contributed by atoms with Gasteiger partial charge in [0.25, 0.3) is 0 Å². The van der Waals surface area contributed by atoms with Crippen LogP contribution in [0.5, 0.6) is 0 Å². The molecule has 1 unspecified atom stereocenters. The molecule has 1 heterocycles. The van der Waals surface area contributed by atoms with Crippen LogP contribution in [0.15, 0.2) is 0 Å². The fraction of sp³-hybridized carbons (Fsp3) is 0.929. The van der Waals surface area contributed by atoms with Gasteiger partial charge in [-0.1, -0.05) is 27.2 Å². The first-order valence-corrected chi connectivity index (χ1v) is 7.00. The number of hydrogen-bond donors (Lipinski definition) is 1. The number of carbonyl (C=O) groups is 1. The predicted molar refractivity (Wildman–Crippen MR) is 70.1 cm³/mol. The molecule has 1 rings (SSSR count). The molecular formula is C14H27NO2. The van der Waals surface area contributed by atoms with Gasteiger partial charge in [-0.15, -0.1) is 0 Å². The van der Waals surface area contributed by atoms with Crippen molar-refractivity contribution in [2.24, 2.45) is 11.3 Å². The smallest absolute Gasteiger partial charge is 0.309 e. The first-order valence-electron chi connectivity index (χ1n) is 7.00. The Kier molecular flexibility index (Phi) is 5.44. The molecule has 0 amide bonds. The Hall–Kier alpha value is -0.570. The van der Waals surface area contributed by atoms with Crippen molar-refractivity contribution in [2.75, 3.05) is 19.6 Å². The highest BCUT2D eigenvalue weighted by atomic mass is 16.4. The van der Waals surface area contributed by atoms with Gasteiger partial charge in [-0.05, 0) is 44.7 Å². The van der Waals surface area contributed by atoms with Crippen molar-refractivity contribution in [3.63, 3.8) is 0 Å². The summed E-state index contributed by atoms with van der Waals surface area (Å²) in [5.41, 5.74) is -0.440. The number of likely N-dealkylation sites (tertiary alicyclic amines) is 1. The number of nitrogens with zero attached hydrogens (tertiary/aromatic N) is 1. The highest BCUT2D eigenvalue weighted by Gasteiger charge is 2.39. The Morgan fingerprint density at radius 3 is 2.35 bits per heavy atom. The first kappa shape index (κ1) is 14.5. The Labute approximate surface area is 105 Å². The minimum Gasteiger partial charge on any atom is -0.481 e. The van der Waals surface area contributed by atoms with Gasteiger partial charge in [0.1, 0.15) is 0 Å². The summed E-state index contributed by atoms with van der Waals surface area (Å²) in [6.45, 7) is 9.56. The SMILES string of the molecule is CCCC(C)CN1CCC(CC)(C(=O)O)CC1. The molecule has 0 aromatic carbocycles. The van der Waals surface area contributed by atoms with Crippen LogP contribution < -0.4 is 0 Å². The van der Waals surface area contributed by atoms with E-state index in [1.807, 2.05) is 6.92 Å². The van der Waals surface area contributed by atoms with Crippen molar-refractivity contribution in [1.29, 1.82) is 0 Å². The third-order valence-corrected chi connectivity index (χ3v) is 4.29. The molecule has 0 saturated carbocycles. The maximum absolute atomic E-state index is 11.3. The summed E-state index contributed by atoms with van der Waals surface area (Å²) in [5, 5.41) is 9.32. The lowest BCUT2D eigenvalue weighted by atomic mass is 9.76. The van der Waals surface area contributed by atoms with E-state index in [1.165, 1.54) is 12.8 Å². The molecule has 17 heavy (non-hydrogen) atoms. The standard InChI is InChI=1S/C14H27NO2/c1-4-6-12(3)11-15-9-7-14(5-2,8-10-15)13(16)17/h12H,4-11H2,1-3H3,(H,16,17). The number of piperidine rings is 1. The van der Waals surface area contributed by atoms with Crippen LogP contribution in [0.4, 0.5) is 0 Å². The Balaban J connectivity index is 2.42. The maximum Gasteiger partial charge on any atom is 0.309 e. The molecule has 0 aromatic heterocycles. The van der Waals surface area contributed by atoms with E-state index in [4.69, 9.17) is 0 Å². The number of carboxylic acids is 1. The molecule has 0 aromatic rings. The van der Waals surface area contributed by atoms with E-state index in [-0.39, 0.29) is 0 Å². The van der Waals surface area contributed by atoms with E-state index in [9.17, 15) is 9.90 Å². The molecule has 3 heteroatoms. The van der Waals surface area contributed by atoms with Crippen LogP contribution in [0.2, 0.25) is 0 Å². The van der Waals surface area contributed by atoms with Crippen LogP contribution in [-0.2, 0) is 4.79 Å². The third kappa shape index (κ3) is 3.70. The minimum atomic E-state index is -0.596. The Morgan fingerprint density at radius 1 is 1.35 bits per heavy atom. The fourth-order valence-corrected chi connectivity index (χ4v) is 2.91. The average Bonchev–Trinajstić information content (AvgIpc) is 2.30. The van der Waals surface area contributed by atoms with Crippen LogP contribution in [0.25, 0.3) is 0 Å². The van der Waals surface area contributed by atoms with E-state index in [0.717, 1.165) is 44.8 Å². The van der Waals surface area contributed by atoms with Gasteiger partial charge >= 0.3 is 5.97 Å². The summed E-state index contributed by atoms with van der Waals surface area (Å²) in [5.74, 6) is 0.139. The third-order valence-electron chi connectivity index (χ3n) is 4.29. The van der Waals surface area contributed by atoms with Gasteiger partial charge in [0.2, 0.25) is 0 Å². The molecule has 100 valence electrons. The second-order valence-corrected chi connectivity index (χ2v) is 5.63. The quantitative estimate of drug-likeness (QED) is 0.777. The van der Waals surface area contributed by atoms with Gasteiger partial charge in [0.15, 0.2) is 0 Å². The predicted octanol–water partition coefficient (Wildman–Crippen LogP) is 3.00. The molecule has 0 aliphatic carbocycles. The number of aliphatic carboxylic acids is 1. The first-order chi connectivity index (χ1) is 8.04. The number of hydrogen-bond acceptors (Lipinski definition) is 2. The fourth-order valence-electron chi connectivity index (χ4n) is 2.91. The highest BCUT2D eigenvalue weighted by Crippen LogP contribution is 2.35. The molecule has 1 fully saturated rings. The zero-order chi connectivity index (χ0) is 12.9. The van der Waals surface area contributed by atoms with Gasteiger partial charge in [-0.25, -0.2) is 0 Å². The van der Waals surface area contributed by atoms with E-state index in [2.05, 4.69) is 18.7 Å². The van der Waals surface area contributed by atoms with Gasteiger partial charge in [0, 0.05) is 6.54 Å². The monoisotopic (exact) mass is 241 g/mol. The van der Waals surface area contributed by atoms with Crippen LogP contribution in [-0.4, -0.2) is 35.6 Å². The van der Waals surface area contributed by atoms with E-state index in [1.54, 1.807) is 0 Å². The molecule has 3 nitrogen and oxygen atoms in total. The summed E-state index contributed by atoms with van der Waals surface area (Å²) < 4.78 is 0. The summed E-state index contributed by atoms with van der Waals surface area (Å²) in [6.07, 6.45) is 4.91. The van der Waals surface area contributed by atoms with E-state index >= 15 is 0 Å². The molecule has 1 saturated heterocycles. The van der Waals surface area contributed by atoms with Gasteiger partial charge < -0.3 is 10.0 Å². The molecular weight excluding hydrogens is 214 g/mol. The van der Waals surface area contributed by atoms with Crippen molar-refractivity contribution in [3.05, 3.63) is 0 Å². The molecule has 0 radical (unpaired) electrons. The lowest BCUT2D eigenvalue weighted by Crippen LogP contribution is -2.45. The second kappa shape index (κ2) is 6.39. The van der Waals surface area contributed by atoms with Crippen molar-refractivity contribution < 1.29 is 9.90 Å². The average molecular weight is 241 g/mol. The molecule has 0 spiro atoms. The zero-order valence-electron chi connectivity index (χ0n) is 11.5. The summed E-state index contributed by atoms with van der Waals surface area (Å²) in [7, 11) is 0. The topological polar surface area (TPSA) is 40.5 Å². The van der Waals surface area contributed by atoms with Gasteiger partial charge in [-0.3, -0.25) is 4.79 Å². The van der Waals surface area contributed by atoms with Crippen molar-refractivity contribution in [2.45, 2.75) is 52.9 Å². The maximum atomic E-state index is 11.3.